The molecule has 0 aromatic heterocycles. The summed E-state index contributed by atoms with van der Waals surface area (Å²) in [4.78, 5) is 36.4. The van der Waals surface area contributed by atoms with Gasteiger partial charge < -0.3 is 29.0 Å². The molecule has 1 fully saturated rings. The molecule has 1 aliphatic rings. The van der Waals surface area contributed by atoms with Crippen LogP contribution in [0.25, 0.3) is 0 Å². The van der Waals surface area contributed by atoms with Crippen LogP contribution in [0.3, 0.4) is 0 Å². The molecule has 0 spiro atoms. The molecule has 1 N–H and O–H groups in total. The number of nitrogens with one attached hydrogen (secondary N) is 1. The normalized spacial score (nSPS) is 17.6. The molecule has 0 radical (unpaired) electrons. The van der Waals surface area contributed by atoms with Gasteiger partial charge in [-0.05, 0) is 26.8 Å². The first-order valence-electron chi connectivity index (χ1n) is 9.82. The van der Waals surface area contributed by atoms with Crippen molar-refractivity contribution in [1.82, 2.24) is 5.32 Å². The lowest BCUT2D eigenvalue weighted by Gasteiger charge is -2.36. The maximum absolute atomic E-state index is 12.3. The van der Waals surface area contributed by atoms with Gasteiger partial charge >= 0.3 is 18.0 Å². The van der Waals surface area contributed by atoms with Gasteiger partial charge in [-0.3, -0.25) is 0 Å². The molecule has 0 heterocycles. The van der Waals surface area contributed by atoms with E-state index < -0.39 is 23.6 Å². The largest absolute Gasteiger partial charge is 0.490 e. The second-order valence-electron chi connectivity index (χ2n) is 7.98. The van der Waals surface area contributed by atoms with Crippen LogP contribution in [0.2, 0.25) is 0 Å². The fourth-order valence-corrected chi connectivity index (χ4v) is 2.95. The van der Waals surface area contributed by atoms with E-state index in [1.54, 1.807) is 20.8 Å². The van der Waals surface area contributed by atoms with Crippen molar-refractivity contribution in [3.05, 3.63) is 35.9 Å². The summed E-state index contributed by atoms with van der Waals surface area (Å²) in [6.07, 6.45) is 1.96. The van der Waals surface area contributed by atoms with Gasteiger partial charge in [-0.15, -0.1) is 0 Å². The molecule has 1 saturated carbocycles. The van der Waals surface area contributed by atoms with Gasteiger partial charge in [0.25, 0.3) is 0 Å². The SMILES string of the molecule is C=CCOc1cc(OC2CC(NC(=O)OC(C)(C)C)C2)cc(C(=O)OC)c1C(=O)OC. The summed E-state index contributed by atoms with van der Waals surface area (Å²) >= 11 is 0. The van der Waals surface area contributed by atoms with Crippen molar-refractivity contribution in [3.8, 4) is 11.5 Å². The van der Waals surface area contributed by atoms with Crippen molar-refractivity contribution in [2.75, 3.05) is 20.8 Å². The number of carbonyl (C=O) groups is 3. The zero-order valence-electron chi connectivity index (χ0n) is 18.5. The smallest absolute Gasteiger partial charge is 0.407 e. The minimum absolute atomic E-state index is 0.0336. The van der Waals surface area contributed by atoms with E-state index >= 15 is 0 Å². The number of methoxy groups -OCH3 is 2. The lowest BCUT2D eigenvalue weighted by atomic mass is 9.89. The van der Waals surface area contributed by atoms with Gasteiger partial charge in [0.2, 0.25) is 0 Å². The molecule has 2 rings (SSSR count). The molecule has 9 nitrogen and oxygen atoms in total. The third kappa shape index (κ3) is 6.63. The average molecular weight is 435 g/mol. The predicted octanol–water partition coefficient (Wildman–Crippen LogP) is 3.26. The zero-order chi connectivity index (χ0) is 23.2. The third-order valence-electron chi connectivity index (χ3n) is 4.35. The fourth-order valence-electron chi connectivity index (χ4n) is 2.95. The second-order valence-corrected chi connectivity index (χ2v) is 7.98. The first-order valence-corrected chi connectivity index (χ1v) is 9.82. The Labute approximate surface area is 181 Å². The Morgan fingerprint density at radius 3 is 2.32 bits per heavy atom. The summed E-state index contributed by atoms with van der Waals surface area (Å²) in [5.74, 6) is -1.02. The van der Waals surface area contributed by atoms with E-state index in [-0.39, 0.29) is 35.6 Å². The van der Waals surface area contributed by atoms with Crippen LogP contribution in [0.4, 0.5) is 4.79 Å². The van der Waals surface area contributed by atoms with E-state index in [0.29, 0.717) is 18.6 Å². The summed E-state index contributed by atoms with van der Waals surface area (Å²) in [7, 11) is 2.41. The zero-order valence-corrected chi connectivity index (χ0v) is 18.5. The van der Waals surface area contributed by atoms with Gasteiger partial charge in [0.15, 0.2) is 0 Å². The molecule has 0 unspecified atom stereocenters. The molecule has 1 amide bonds. The third-order valence-corrected chi connectivity index (χ3v) is 4.35. The van der Waals surface area contributed by atoms with Crippen molar-refractivity contribution >= 4 is 18.0 Å². The van der Waals surface area contributed by atoms with Gasteiger partial charge in [-0.25, -0.2) is 14.4 Å². The minimum Gasteiger partial charge on any atom is -0.490 e. The lowest BCUT2D eigenvalue weighted by molar-refractivity contribution is 0.0360. The molecule has 1 aliphatic carbocycles. The van der Waals surface area contributed by atoms with Crippen LogP contribution in [0, 0.1) is 0 Å². The Hall–Kier alpha value is -3.23. The first-order chi connectivity index (χ1) is 14.6. The highest BCUT2D eigenvalue weighted by Gasteiger charge is 2.34. The number of alkyl carbamates (subject to hydrolysis) is 1. The Bertz CT molecular complexity index is 837. The van der Waals surface area contributed by atoms with E-state index in [1.807, 2.05) is 0 Å². The fraction of sp³-hybridized carbons (Fsp3) is 0.500. The van der Waals surface area contributed by atoms with Crippen LogP contribution in [0.1, 0.15) is 54.3 Å². The van der Waals surface area contributed by atoms with Crippen LogP contribution in [0.5, 0.6) is 11.5 Å². The van der Waals surface area contributed by atoms with Crippen LogP contribution in [-0.4, -0.2) is 56.6 Å². The standard InChI is InChI=1S/C22H29NO8/c1-7-8-29-17-12-15(11-16(19(24)27-5)18(17)20(25)28-6)30-14-9-13(10-14)23-21(26)31-22(2,3)4/h7,11-14H,1,8-10H2,2-6H3,(H,23,26). The molecular weight excluding hydrogens is 406 g/mol. The van der Waals surface area contributed by atoms with Gasteiger partial charge in [0.05, 0.1) is 19.8 Å². The molecule has 1 aromatic carbocycles. The molecule has 1 aromatic rings. The van der Waals surface area contributed by atoms with Crippen LogP contribution in [0.15, 0.2) is 24.8 Å². The molecule has 0 atom stereocenters. The van der Waals surface area contributed by atoms with E-state index in [2.05, 4.69) is 11.9 Å². The topological polar surface area (TPSA) is 109 Å². The maximum Gasteiger partial charge on any atom is 0.407 e. The molecule has 0 bridgehead atoms. The predicted molar refractivity (Wildman–Crippen MR) is 112 cm³/mol. The number of carbonyl (C=O) groups excluding carboxylic acids is 3. The van der Waals surface area contributed by atoms with Crippen molar-refractivity contribution in [1.29, 1.82) is 0 Å². The maximum atomic E-state index is 12.3. The summed E-state index contributed by atoms with van der Waals surface area (Å²) in [6.45, 7) is 9.07. The van der Waals surface area contributed by atoms with Gasteiger partial charge in [-0.1, -0.05) is 12.7 Å². The first kappa shape index (κ1) is 24.0. The Balaban J connectivity index is 2.14. The Morgan fingerprint density at radius 2 is 1.77 bits per heavy atom. The highest BCUT2D eigenvalue weighted by molar-refractivity contribution is 6.05. The molecule has 0 aliphatic heterocycles. The highest BCUT2D eigenvalue weighted by Crippen LogP contribution is 2.33. The molecule has 170 valence electrons. The summed E-state index contributed by atoms with van der Waals surface area (Å²) < 4.78 is 26.3. The lowest BCUT2D eigenvalue weighted by Crippen LogP contribution is -2.50. The van der Waals surface area contributed by atoms with Crippen molar-refractivity contribution in [2.45, 2.75) is 51.4 Å². The van der Waals surface area contributed by atoms with E-state index in [9.17, 15) is 14.4 Å². The molecule has 9 heteroatoms. The molecular formula is C22H29NO8. The Kier molecular flexibility index (Phi) is 7.90. The second kappa shape index (κ2) is 10.2. The number of hydrogen-bond acceptors (Lipinski definition) is 8. The summed E-state index contributed by atoms with van der Waals surface area (Å²) in [6, 6.07) is 2.84. The number of esters is 2. The Morgan fingerprint density at radius 1 is 1.13 bits per heavy atom. The van der Waals surface area contributed by atoms with Crippen LogP contribution >= 0.6 is 0 Å². The van der Waals surface area contributed by atoms with E-state index in [4.69, 9.17) is 23.7 Å². The number of benzene rings is 1. The van der Waals surface area contributed by atoms with Gasteiger partial charge in [-0.2, -0.15) is 0 Å². The summed E-state index contributed by atoms with van der Waals surface area (Å²) in [5.41, 5.74) is -0.660. The van der Waals surface area contributed by atoms with Gasteiger partial charge in [0.1, 0.15) is 35.4 Å². The van der Waals surface area contributed by atoms with E-state index in [1.165, 1.54) is 32.4 Å². The minimum atomic E-state index is -0.740. The molecule has 31 heavy (non-hydrogen) atoms. The van der Waals surface area contributed by atoms with Crippen LogP contribution in [-0.2, 0) is 14.2 Å². The van der Waals surface area contributed by atoms with Crippen molar-refractivity contribution in [3.63, 3.8) is 0 Å². The summed E-state index contributed by atoms with van der Waals surface area (Å²) in [5, 5.41) is 2.79. The number of amides is 1. The number of ether oxygens (including phenoxy) is 5. The average Bonchev–Trinajstić information content (AvgIpc) is 2.67. The quantitative estimate of drug-likeness (QED) is 0.376. The van der Waals surface area contributed by atoms with Gasteiger partial charge in [0, 0.05) is 24.9 Å². The monoisotopic (exact) mass is 435 g/mol. The van der Waals surface area contributed by atoms with E-state index in [0.717, 1.165) is 0 Å². The van der Waals surface area contributed by atoms with Crippen molar-refractivity contribution in [2.24, 2.45) is 0 Å². The van der Waals surface area contributed by atoms with Crippen molar-refractivity contribution < 1.29 is 38.1 Å². The highest BCUT2D eigenvalue weighted by atomic mass is 16.6. The number of hydrogen-bond donors (Lipinski definition) is 1. The molecule has 0 saturated heterocycles. The van der Waals surface area contributed by atoms with Crippen LogP contribution < -0.4 is 14.8 Å². The number of rotatable bonds is 8.